The molecule has 0 unspecified atom stereocenters. The highest BCUT2D eigenvalue weighted by atomic mass is 16.5. The Morgan fingerprint density at radius 1 is 0.973 bits per heavy atom. The normalized spacial score (nSPS) is 14.4. The summed E-state index contributed by atoms with van der Waals surface area (Å²) in [6, 6.07) is 26.2. The van der Waals surface area contributed by atoms with Crippen molar-refractivity contribution in [1.29, 1.82) is 0 Å². The Bertz CT molecular complexity index is 1530. The summed E-state index contributed by atoms with van der Waals surface area (Å²) in [5, 5.41) is 4.79. The van der Waals surface area contributed by atoms with Crippen LogP contribution in [0.3, 0.4) is 0 Å². The third kappa shape index (κ3) is 6.77. The number of ether oxygens (including phenoxy) is 1. The second-order valence-corrected chi connectivity index (χ2v) is 9.03. The van der Waals surface area contributed by atoms with E-state index in [-0.39, 0.29) is 5.91 Å². The van der Waals surface area contributed by atoms with Crippen molar-refractivity contribution in [1.82, 2.24) is 9.88 Å². The zero-order valence-corrected chi connectivity index (χ0v) is 21.2. The first-order valence-corrected chi connectivity index (χ1v) is 12.2. The van der Waals surface area contributed by atoms with Gasteiger partial charge >= 0.3 is 0 Å². The predicted octanol–water partition coefficient (Wildman–Crippen LogP) is 5.34. The van der Waals surface area contributed by atoms with Gasteiger partial charge in [-0.15, -0.1) is 0 Å². The molecular weight excluding hydrogens is 456 g/mol. The Balaban J connectivity index is 1.79. The van der Waals surface area contributed by atoms with Gasteiger partial charge < -0.3 is 14.6 Å². The van der Waals surface area contributed by atoms with Gasteiger partial charge in [-0.25, -0.2) is 0 Å². The number of benzene rings is 2. The van der Waals surface area contributed by atoms with Gasteiger partial charge in [0.2, 0.25) is 0 Å². The first kappa shape index (κ1) is 25.5. The molecule has 4 nitrogen and oxygen atoms in total. The fraction of sp³-hybridized carbons (Fsp3) is 0.121. The lowest BCUT2D eigenvalue weighted by molar-refractivity contribution is -0.115. The zero-order chi connectivity index (χ0) is 26.2. The highest BCUT2D eigenvalue weighted by Gasteiger charge is 2.19. The van der Waals surface area contributed by atoms with E-state index in [9.17, 15) is 4.79 Å². The summed E-state index contributed by atoms with van der Waals surface area (Å²) in [7, 11) is 0. The van der Waals surface area contributed by atoms with Crippen LogP contribution in [0.4, 0.5) is 0 Å². The first-order chi connectivity index (χ1) is 17.9. The summed E-state index contributed by atoms with van der Waals surface area (Å²) >= 11 is 0. The summed E-state index contributed by atoms with van der Waals surface area (Å²) in [6.45, 7) is 15.0. The van der Waals surface area contributed by atoms with Gasteiger partial charge in [-0.2, -0.15) is 0 Å². The monoisotopic (exact) mass is 488 g/mol. The number of allylic oxidation sites excluding steroid dienone is 2. The van der Waals surface area contributed by atoms with Crippen LogP contribution in [0.5, 0.6) is 5.75 Å². The van der Waals surface area contributed by atoms with E-state index in [1.165, 1.54) is 0 Å². The molecule has 4 rings (SSSR count). The van der Waals surface area contributed by atoms with Crippen LogP contribution < -0.4 is 20.5 Å². The van der Waals surface area contributed by atoms with E-state index in [1.807, 2.05) is 78.9 Å². The van der Waals surface area contributed by atoms with Crippen LogP contribution in [0.2, 0.25) is 0 Å². The van der Waals surface area contributed by atoms with E-state index < -0.39 is 0 Å². The van der Waals surface area contributed by atoms with Gasteiger partial charge in [-0.3, -0.25) is 4.79 Å². The number of carbonyl (C=O) groups excluding carboxylic acids is 1. The van der Waals surface area contributed by atoms with E-state index in [2.05, 4.69) is 48.7 Å². The molecule has 4 heteroatoms. The number of amides is 1. The van der Waals surface area contributed by atoms with E-state index in [0.717, 1.165) is 38.7 Å². The van der Waals surface area contributed by atoms with Gasteiger partial charge in [0.25, 0.3) is 5.91 Å². The van der Waals surface area contributed by atoms with Gasteiger partial charge in [0.1, 0.15) is 12.4 Å². The molecule has 1 saturated heterocycles. The maximum absolute atomic E-state index is 12.5. The number of nitrogens with one attached hydrogen (secondary N) is 1. The van der Waals surface area contributed by atoms with Crippen molar-refractivity contribution in [2.75, 3.05) is 0 Å². The fourth-order valence-corrected chi connectivity index (χ4v) is 4.16. The number of carbonyl (C=O) groups is 1. The molecule has 1 aliphatic rings. The summed E-state index contributed by atoms with van der Waals surface area (Å²) in [5.41, 5.74) is 5.53. The Hall–Kier alpha value is -4.57. The summed E-state index contributed by atoms with van der Waals surface area (Å²) < 4.78 is 8.28. The Labute approximate surface area is 218 Å². The molecule has 1 N–H and O–H groups in total. The largest absolute Gasteiger partial charge is 0.489 e. The molecule has 2 aromatic carbocycles. The molecule has 2 heterocycles. The van der Waals surface area contributed by atoms with E-state index in [1.54, 1.807) is 6.08 Å². The molecular formula is C33H32N2O2. The van der Waals surface area contributed by atoms with Gasteiger partial charge in [0, 0.05) is 35.6 Å². The zero-order valence-electron chi connectivity index (χ0n) is 21.2. The number of aryl methyl sites for hydroxylation is 1. The van der Waals surface area contributed by atoms with Crippen molar-refractivity contribution >= 4 is 24.6 Å². The molecule has 0 bridgehead atoms. The number of nitrogens with zero attached hydrogens (tertiary/aromatic N) is 1. The van der Waals surface area contributed by atoms with Crippen LogP contribution in [0.25, 0.3) is 18.7 Å². The highest BCUT2D eigenvalue weighted by Crippen LogP contribution is 2.21. The smallest absolute Gasteiger partial charge is 0.251 e. The van der Waals surface area contributed by atoms with Crippen molar-refractivity contribution in [2.45, 2.75) is 26.5 Å². The van der Waals surface area contributed by atoms with Crippen LogP contribution in [-0.2, 0) is 17.9 Å². The number of aromatic nitrogens is 1. The molecule has 1 amide bonds. The minimum absolute atomic E-state index is 0.106. The molecule has 1 fully saturated rings. The minimum Gasteiger partial charge on any atom is -0.489 e. The quantitative estimate of drug-likeness (QED) is 0.456. The molecule has 0 aliphatic carbocycles. The van der Waals surface area contributed by atoms with Crippen molar-refractivity contribution in [2.24, 2.45) is 0 Å². The molecule has 37 heavy (non-hydrogen) atoms. The molecule has 0 saturated carbocycles. The molecule has 0 atom stereocenters. The average molecular weight is 489 g/mol. The van der Waals surface area contributed by atoms with E-state index >= 15 is 0 Å². The highest BCUT2D eigenvalue weighted by molar-refractivity contribution is 6.01. The number of hydrogen-bond acceptors (Lipinski definition) is 2. The summed E-state index contributed by atoms with van der Waals surface area (Å²) in [5.74, 6) is 0.648. The third-order valence-electron chi connectivity index (χ3n) is 6.16. The number of hydrogen-bond donors (Lipinski definition) is 1. The van der Waals surface area contributed by atoms with Crippen LogP contribution in [-0.4, -0.2) is 10.5 Å². The van der Waals surface area contributed by atoms with Crippen LogP contribution >= 0.6 is 0 Å². The van der Waals surface area contributed by atoms with Gasteiger partial charge in [0.15, 0.2) is 0 Å². The Morgan fingerprint density at radius 2 is 1.78 bits per heavy atom. The average Bonchev–Trinajstić information content (AvgIpc) is 3.23. The van der Waals surface area contributed by atoms with E-state index in [0.29, 0.717) is 30.8 Å². The van der Waals surface area contributed by atoms with Gasteiger partial charge in [-0.05, 0) is 64.9 Å². The van der Waals surface area contributed by atoms with Crippen molar-refractivity contribution in [3.63, 3.8) is 0 Å². The first-order valence-electron chi connectivity index (χ1n) is 12.2. The van der Waals surface area contributed by atoms with Gasteiger partial charge in [-0.1, -0.05) is 80.4 Å². The summed E-state index contributed by atoms with van der Waals surface area (Å²) in [4.78, 5) is 12.5. The standard InChI is InChI=1S/C33H32N2O2/c1-5-10-29-20-28(17-15-24(29)2)22-35-26(4)16-18-32(37-23-27-11-7-6-8-12-27)14-9-13-31(35)21-30-19-25(3)34-33(30)36/h5-18,20-21H,1-3,19,22-23H2,4H3,(H,34,36)/b14-9?,26-16?,29-10-,30-21-,31-13?,32-18?. The van der Waals surface area contributed by atoms with Crippen molar-refractivity contribution < 1.29 is 9.53 Å². The van der Waals surface area contributed by atoms with Gasteiger partial charge in [0.05, 0.1) is 0 Å². The lowest BCUT2D eigenvalue weighted by Crippen LogP contribution is -2.23. The Morgan fingerprint density at radius 3 is 2.51 bits per heavy atom. The lowest BCUT2D eigenvalue weighted by Gasteiger charge is -2.14. The fourth-order valence-electron chi connectivity index (χ4n) is 4.16. The van der Waals surface area contributed by atoms with Crippen LogP contribution in [0, 0.1) is 6.92 Å². The van der Waals surface area contributed by atoms with Crippen molar-refractivity contribution in [3.05, 3.63) is 142 Å². The summed E-state index contributed by atoms with van der Waals surface area (Å²) in [6.07, 6.45) is 6.18. The topological polar surface area (TPSA) is 43.3 Å². The second-order valence-electron chi connectivity index (χ2n) is 9.03. The third-order valence-corrected chi connectivity index (χ3v) is 6.16. The molecule has 1 aromatic heterocycles. The maximum Gasteiger partial charge on any atom is 0.251 e. The molecule has 186 valence electrons. The Kier molecular flexibility index (Phi) is 8.22. The SMILES string of the molecule is C=C/C=c1/cc(Cn2c(C)ccc(OCc3ccccc3)cccc2/C=C2/CC(=C)NC2=O)ccc1=C. The molecule has 0 radical (unpaired) electrons. The lowest BCUT2D eigenvalue weighted by atomic mass is 10.1. The van der Waals surface area contributed by atoms with Crippen LogP contribution in [0.15, 0.2) is 109 Å². The molecule has 3 aromatic rings. The molecule has 1 aliphatic heterocycles. The molecule has 0 spiro atoms. The van der Waals surface area contributed by atoms with E-state index in [4.69, 9.17) is 4.74 Å². The predicted molar refractivity (Wildman–Crippen MR) is 152 cm³/mol. The maximum atomic E-state index is 12.5. The number of rotatable bonds is 7. The minimum atomic E-state index is -0.106. The van der Waals surface area contributed by atoms with Crippen molar-refractivity contribution in [3.8, 4) is 5.75 Å². The van der Waals surface area contributed by atoms with Crippen LogP contribution in [0.1, 0.15) is 28.9 Å². The second kappa shape index (κ2) is 11.9.